The zero-order valence-corrected chi connectivity index (χ0v) is 16.9. The Morgan fingerprint density at radius 3 is 1.56 bits per heavy atom. The molecule has 5 heteroatoms. The van der Waals surface area contributed by atoms with Crippen molar-refractivity contribution in [2.75, 3.05) is 0 Å². The lowest BCUT2D eigenvalue weighted by Crippen LogP contribution is -2.20. The first kappa shape index (κ1) is 18.9. The Hall–Kier alpha value is -1.45. The average Bonchev–Trinajstić information content (AvgIpc) is 3.23. The quantitative estimate of drug-likeness (QED) is 0.608. The maximum Gasteiger partial charge on any atom is 0.475 e. The highest BCUT2D eigenvalue weighted by Gasteiger charge is 2.39. The number of benzene rings is 2. The van der Waals surface area contributed by atoms with Crippen LogP contribution in [0.15, 0.2) is 48.5 Å². The second-order valence-corrected chi connectivity index (χ2v) is 9.11. The normalized spacial score (nSPS) is 18.4. The van der Waals surface area contributed by atoms with Crippen LogP contribution in [0, 0.1) is 0 Å². The van der Waals surface area contributed by atoms with Gasteiger partial charge in [-0.15, -0.1) is 0 Å². The molecule has 4 rings (SSSR count). The maximum atomic E-state index is 13.5. The summed E-state index contributed by atoms with van der Waals surface area (Å²) in [7, 11) is -3.65. The molecule has 0 bridgehead atoms. The van der Waals surface area contributed by atoms with Gasteiger partial charge in [-0.05, 0) is 61.3 Å². The van der Waals surface area contributed by atoms with Gasteiger partial charge < -0.3 is 0 Å². The van der Waals surface area contributed by atoms with E-state index in [4.69, 9.17) is 13.6 Å². The molecule has 2 aromatic carbocycles. The molecule has 1 unspecified atom stereocenters. The van der Waals surface area contributed by atoms with E-state index in [0.29, 0.717) is 0 Å². The van der Waals surface area contributed by atoms with Gasteiger partial charge in [0.15, 0.2) is 0 Å². The SMILES string of the molecule is CCC(C)OP(=O)(OC1Cc2ccccc2C1)OC1Cc2ccccc2C1. The van der Waals surface area contributed by atoms with E-state index in [0.717, 1.165) is 32.1 Å². The molecule has 27 heavy (non-hydrogen) atoms. The van der Waals surface area contributed by atoms with Crippen molar-refractivity contribution in [3.05, 3.63) is 70.8 Å². The van der Waals surface area contributed by atoms with Crippen molar-refractivity contribution in [3.8, 4) is 0 Å². The molecule has 0 heterocycles. The molecule has 2 aliphatic rings. The first-order chi connectivity index (χ1) is 13.0. The largest absolute Gasteiger partial charge is 0.475 e. The molecule has 2 aromatic rings. The van der Waals surface area contributed by atoms with Crippen molar-refractivity contribution >= 4 is 7.82 Å². The zero-order chi connectivity index (χ0) is 18.9. The van der Waals surface area contributed by atoms with E-state index >= 15 is 0 Å². The van der Waals surface area contributed by atoms with Gasteiger partial charge >= 0.3 is 7.82 Å². The van der Waals surface area contributed by atoms with Crippen LogP contribution in [0.2, 0.25) is 0 Å². The van der Waals surface area contributed by atoms with Crippen molar-refractivity contribution in [2.45, 2.75) is 64.3 Å². The van der Waals surface area contributed by atoms with Gasteiger partial charge in [-0.25, -0.2) is 4.57 Å². The third-order valence-electron chi connectivity index (χ3n) is 5.47. The second-order valence-electron chi connectivity index (χ2n) is 7.58. The summed E-state index contributed by atoms with van der Waals surface area (Å²) in [4.78, 5) is 0. The Labute approximate surface area is 161 Å². The molecule has 0 radical (unpaired) electrons. The number of phosphoric acid groups is 1. The molecule has 0 N–H and O–H groups in total. The van der Waals surface area contributed by atoms with Crippen LogP contribution >= 0.6 is 7.82 Å². The van der Waals surface area contributed by atoms with Gasteiger partial charge in [0.05, 0.1) is 18.3 Å². The maximum absolute atomic E-state index is 13.5. The molecular formula is C22H27O4P. The molecule has 4 nitrogen and oxygen atoms in total. The Bertz CT molecular complexity index is 738. The van der Waals surface area contributed by atoms with Crippen LogP contribution in [0.3, 0.4) is 0 Å². The van der Waals surface area contributed by atoms with Gasteiger partial charge in [-0.1, -0.05) is 55.5 Å². The number of phosphoric ester groups is 1. The zero-order valence-electron chi connectivity index (χ0n) is 16.0. The van der Waals surface area contributed by atoms with Gasteiger partial charge in [0.1, 0.15) is 0 Å². The fourth-order valence-corrected chi connectivity index (χ4v) is 5.69. The summed E-state index contributed by atoms with van der Waals surface area (Å²) in [5.74, 6) is 0. The summed E-state index contributed by atoms with van der Waals surface area (Å²) >= 11 is 0. The van der Waals surface area contributed by atoms with Gasteiger partial charge in [0.25, 0.3) is 0 Å². The summed E-state index contributed by atoms with van der Waals surface area (Å²) in [6.45, 7) is 3.91. The molecule has 0 spiro atoms. The van der Waals surface area contributed by atoms with Crippen molar-refractivity contribution in [2.24, 2.45) is 0 Å². The molecule has 1 atom stereocenters. The Morgan fingerprint density at radius 2 is 1.22 bits per heavy atom. The lowest BCUT2D eigenvalue weighted by Gasteiger charge is -2.26. The predicted molar refractivity (Wildman–Crippen MR) is 106 cm³/mol. The molecule has 0 amide bonds. The number of hydrogen-bond donors (Lipinski definition) is 0. The van der Waals surface area contributed by atoms with E-state index in [2.05, 4.69) is 24.3 Å². The highest BCUT2D eigenvalue weighted by atomic mass is 31.2. The van der Waals surface area contributed by atoms with Crippen LogP contribution in [0.4, 0.5) is 0 Å². The van der Waals surface area contributed by atoms with E-state index in [1.165, 1.54) is 22.3 Å². The lowest BCUT2D eigenvalue weighted by molar-refractivity contribution is 0.0387. The van der Waals surface area contributed by atoms with Crippen molar-refractivity contribution in [1.29, 1.82) is 0 Å². The van der Waals surface area contributed by atoms with Crippen molar-refractivity contribution in [1.82, 2.24) is 0 Å². The Balaban J connectivity index is 1.46. The van der Waals surface area contributed by atoms with Crippen LogP contribution < -0.4 is 0 Å². The van der Waals surface area contributed by atoms with Crippen molar-refractivity contribution in [3.63, 3.8) is 0 Å². The third-order valence-corrected chi connectivity index (χ3v) is 7.20. The molecule has 0 fully saturated rings. The van der Waals surface area contributed by atoms with E-state index in [9.17, 15) is 4.57 Å². The van der Waals surface area contributed by atoms with Gasteiger partial charge in [-0.3, -0.25) is 13.6 Å². The fraction of sp³-hybridized carbons (Fsp3) is 0.455. The summed E-state index contributed by atoms with van der Waals surface area (Å²) in [6, 6.07) is 16.5. The molecule has 0 saturated heterocycles. The minimum atomic E-state index is -3.65. The lowest BCUT2D eigenvalue weighted by atomic mass is 10.1. The monoisotopic (exact) mass is 386 g/mol. The summed E-state index contributed by atoms with van der Waals surface area (Å²) in [6.07, 6.45) is 3.24. The minimum absolute atomic E-state index is 0.166. The van der Waals surface area contributed by atoms with Crippen LogP contribution in [0.25, 0.3) is 0 Å². The van der Waals surface area contributed by atoms with Gasteiger partial charge in [0.2, 0.25) is 0 Å². The summed E-state index contributed by atoms with van der Waals surface area (Å²) in [5.41, 5.74) is 5.02. The van der Waals surface area contributed by atoms with Crippen LogP contribution in [-0.2, 0) is 43.8 Å². The molecule has 144 valence electrons. The summed E-state index contributed by atoms with van der Waals surface area (Å²) < 4.78 is 31.4. The molecule has 0 saturated carbocycles. The van der Waals surface area contributed by atoms with E-state index in [1.54, 1.807) is 0 Å². The van der Waals surface area contributed by atoms with E-state index < -0.39 is 7.82 Å². The van der Waals surface area contributed by atoms with Gasteiger partial charge in [0, 0.05) is 0 Å². The standard InChI is InChI=1S/C22H27O4P/c1-3-16(2)24-27(23,25-21-12-17-8-4-5-9-18(17)13-21)26-22-14-19-10-6-7-11-20(19)15-22/h4-11,16,21-22H,3,12-15H2,1-2H3. The fourth-order valence-electron chi connectivity index (χ4n) is 3.92. The minimum Gasteiger partial charge on any atom is -0.284 e. The Morgan fingerprint density at radius 1 is 0.852 bits per heavy atom. The van der Waals surface area contributed by atoms with E-state index in [1.807, 2.05) is 38.1 Å². The summed E-state index contributed by atoms with van der Waals surface area (Å²) in [5, 5.41) is 0. The molecule has 0 aliphatic heterocycles. The highest BCUT2D eigenvalue weighted by molar-refractivity contribution is 7.48. The average molecular weight is 386 g/mol. The van der Waals surface area contributed by atoms with Gasteiger partial charge in [-0.2, -0.15) is 0 Å². The number of fused-ring (bicyclic) bond motifs is 2. The highest BCUT2D eigenvalue weighted by Crippen LogP contribution is 2.55. The third kappa shape index (κ3) is 4.35. The van der Waals surface area contributed by atoms with Crippen LogP contribution in [0.1, 0.15) is 42.5 Å². The van der Waals surface area contributed by atoms with Crippen molar-refractivity contribution < 1.29 is 18.1 Å². The van der Waals surface area contributed by atoms with E-state index in [-0.39, 0.29) is 18.3 Å². The van der Waals surface area contributed by atoms with Crippen LogP contribution in [0.5, 0.6) is 0 Å². The smallest absolute Gasteiger partial charge is 0.284 e. The second kappa shape index (κ2) is 7.89. The predicted octanol–water partition coefficient (Wildman–Crippen LogP) is 5.28. The molecular weight excluding hydrogens is 359 g/mol. The number of hydrogen-bond acceptors (Lipinski definition) is 4. The topological polar surface area (TPSA) is 44.8 Å². The molecule has 0 aromatic heterocycles. The molecule has 2 aliphatic carbocycles. The van der Waals surface area contributed by atoms with Crippen LogP contribution in [-0.4, -0.2) is 18.3 Å². The first-order valence-electron chi connectivity index (χ1n) is 9.83. The number of rotatable bonds is 7. The Kier molecular flexibility index (Phi) is 5.52. The first-order valence-corrected chi connectivity index (χ1v) is 11.3.